The Morgan fingerprint density at radius 1 is 1.31 bits per heavy atom. The first-order chi connectivity index (χ1) is 15.6. The van der Waals surface area contributed by atoms with Gasteiger partial charge in [0, 0.05) is 47.9 Å². The van der Waals surface area contributed by atoms with Crippen LogP contribution in [0.4, 0.5) is 5.82 Å². The number of ether oxygens (including phenoxy) is 1. The molecule has 0 radical (unpaired) electrons. The lowest BCUT2D eigenvalue weighted by Crippen LogP contribution is -2.51. The molecule has 2 aliphatic rings. The lowest BCUT2D eigenvalue weighted by atomic mass is 9.73. The summed E-state index contributed by atoms with van der Waals surface area (Å²) >= 11 is 0. The normalized spacial score (nSPS) is 22.9. The zero-order valence-electron chi connectivity index (χ0n) is 18.2. The number of nitrogens with two attached hydrogens (primary N) is 1. The molecule has 3 N–H and O–H groups in total. The number of fused-ring (bicyclic) bond motifs is 2. The van der Waals surface area contributed by atoms with Gasteiger partial charge in [-0.2, -0.15) is 5.10 Å². The van der Waals surface area contributed by atoms with Crippen LogP contribution < -0.4 is 10.6 Å². The fourth-order valence-corrected chi connectivity index (χ4v) is 5.40. The van der Waals surface area contributed by atoms with Crippen molar-refractivity contribution in [1.29, 1.82) is 0 Å². The largest absolute Gasteiger partial charge is 0.372 e. The molecule has 2 fully saturated rings. The number of rotatable bonds is 3. The Hall–Kier alpha value is -3.23. The van der Waals surface area contributed by atoms with Gasteiger partial charge in [-0.15, -0.1) is 6.58 Å². The lowest BCUT2D eigenvalue weighted by Gasteiger charge is -2.41. The van der Waals surface area contributed by atoms with Gasteiger partial charge in [-0.1, -0.05) is 18.2 Å². The number of H-pyrrole nitrogens is 1. The van der Waals surface area contributed by atoms with E-state index < -0.39 is 0 Å². The molecule has 2 saturated heterocycles. The molecule has 1 aromatic carbocycles. The number of nitrogens with zero attached hydrogens (tertiary/aromatic N) is 5. The standard InChI is InChI=1S/C24H27N7O/c1-3-19-21(25)24(14-32-19)6-9-30(10-7-24)23-22-26-8-11-31(22)20(15(2)28-23)16-4-5-17-13-27-29-18(17)12-16/h3-5,8,11-13,19,21H,1,6-7,9-10,14,25H2,2H3,(H,27,29)/t19-,21+/m0/s1. The minimum atomic E-state index is -0.0487. The van der Waals surface area contributed by atoms with Crippen molar-refractivity contribution in [2.24, 2.45) is 11.1 Å². The highest BCUT2D eigenvalue weighted by molar-refractivity contribution is 5.84. The van der Waals surface area contributed by atoms with E-state index in [1.165, 1.54) is 0 Å². The second-order valence-corrected chi connectivity index (χ2v) is 9.05. The number of benzene rings is 1. The van der Waals surface area contributed by atoms with Gasteiger partial charge in [0.05, 0.1) is 35.8 Å². The molecule has 8 heteroatoms. The van der Waals surface area contributed by atoms with Crippen LogP contribution >= 0.6 is 0 Å². The van der Waals surface area contributed by atoms with Gasteiger partial charge in [-0.25, -0.2) is 9.97 Å². The lowest BCUT2D eigenvalue weighted by molar-refractivity contribution is 0.110. The Morgan fingerprint density at radius 2 is 2.16 bits per heavy atom. The smallest absolute Gasteiger partial charge is 0.180 e. The second-order valence-electron chi connectivity index (χ2n) is 9.05. The topological polar surface area (TPSA) is 97.4 Å². The average Bonchev–Trinajstić information content (AvgIpc) is 3.54. The number of anilines is 1. The monoisotopic (exact) mass is 429 g/mol. The van der Waals surface area contributed by atoms with Crippen LogP contribution in [0.5, 0.6) is 0 Å². The van der Waals surface area contributed by atoms with E-state index in [2.05, 4.69) is 56.2 Å². The summed E-state index contributed by atoms with van der Waals surface area (Å²) in [5, 5.41) is 8.29. The van der Waals surface area contributed by atoms with Crippen LogP contribution in [0.25, 0.3) is 27.8 Å². The quantitative estimate of drug-likeness (QED) is 0.486. The minimum absolute atomic E-state index is 0.00284. The van der Waals surface area contributed by atoms with Crippen LogP contribution in [0, 0.1) is 12.3 Å². The second kappa shape index (κ2) is 7.15. The number of hydrogen-bond donors (Lipinski definition) is 2. The van der Waals surface area contributed by atoms with Gasteiger partial charge < -0.3 is 15.4 Å². The van der Waals surface area contributed by atoms with Crippen molar-refractivity contribution < 1.29 is 4.74 Å². The predicted octanol–water partition coefficient (Wildman–Crippen LogP) is 3.08. The highest BCUT2D eigenvalue weighted by Crippen LogP contribution is 2.42. The molecule has 32 heavy (non-hydrogen) atoms. The van der Waals surface area contributed by atoms with E-state index in [-0.39, 0.29) is 17.6 Å². The van der Waals surface area contributed by atoms with E-state index in [4.69, 9.17) is 15.5 Å². The molecule has 1 spiro atoms. The van der Waals surface area contributed by atoms with Crippen LogP contribution in [-0.2, 0) is 4.74 Å². The Balaban J connectivity index is 1.35. The van der Waals surface area contributed by atoms with Gasteiger partial charge in [0.2, 0.25) is 0 Å². The Kier molecular flexibility index (Phi) is 4.34. The molecule has 8 nitrogen and oxygen atoms in total. The summed E-state index contributed by atoms with van der Waals surface area (Å²) in [5.74, 6) is 0.932. The molecule has 4 aromatic rings. The maximum Gasteiger partial charge on any atom is 0.180 e. The number of nitrogens with one attached hydrogen (secondary N) is 1. The minimum Gasteiger partial charge on any atom is -0.372 e. The van der Waals surface area contributed by atoms with Gasteiger partial charge in [-0.05, 0) is 25.8 Å². The molecule has 0 saturated carbocycles. The third-order valence-electron chi connectivity index (χ3n) is 7.33. The van der Waals surface area contributed by atoms with Crippen molar-refractivity contribution in [2.75, 3.05) is 24.6 Å². The number of aryl methyl sites for hydroxylation is 1. The number of aromatic amines is 1. The Labute approximate surface area is 186 Å². The summed E-state index contributed by atoms with van der Waals surface area (Å²) in [4.78, 5) is 12.1. The van der Waals surface area contributed by atoms with Crippen molar-refractivity contribution >= 4 is 22.4 Å². The van der Waals surface area contributed by atoms with Crippen LogP contribution in [0.2, 0.25) is 0 Å². The number of aromatic nitrogens is 5. The molecular formula is C24H27N7O. The zero-order valence-corrected chi connectivity index (χ0v) is 18.2. The summed E-state index contributed by atoms with van der Waals surface area (Å²) in [7, 11) is 0. The third-order valence-corrected chi connectivity index (χ3v) is 7.33. The number of piperidine rings is 1. The highest BCUT2D eigenvalue weighted by atomic mass is 16.5. The maximum atomic E-state index is 6.54. The van der Waals surface area contributed by atoms with Crippen LogP contribution in [0.3, 0.4) is 0 Å². The van der Waals surface area contributed by atoms with E-state index in [1.54, 1.807) is 0 Å². The van der Waals surface area contributed by atoms with Crippen LogP contribution in [-0.4, -0.2) is 56.4 Å². The first-order valence-electron chi connectivity index (χ1n) is 11.1. The van der Waals surface area contributed by atoms with Crippen molar-refractivity contribution in [3.05, 3.63) is 55.1 Å². The van der Waals surface area contributed by atoms with E-state index in [1.807, 2.05) is 24.7 Å². The van der Waals surface area contributed by atoms with E-state index in [9.17, 15) is 0 Å². The van der Waals surface area contributed by atoms with Gasteiger partial charge in [0.25, 0.3) is 0 Å². The molecule has 5 heterocycles. The molecule has 0 aliphatic carbocycles. The van der Waals surface area contributed by atoms with Gasteiger partial charge >= 0.3 is 0 Å². The van der Waals surface area contributed by atoms with E-state index in [0.717, 1.165) is 65.3 Å². The van der Waals surface area contributed by atoms with E-state index in [0.29, 0.717) is 6.61 Å². The summed E-state index contributed by atoms with van der Waals surface area (Å²) < 4.78 is 8.06. The molecule has 0 amide bonds. The van der Waals surface area contributed by atoms with Gasteiger partial charge in [0.15, 0.2) is 11.5 Å². The Bertz CT molecular complexity index is 1310. The predicted molar refractivity (Wildman–Crippen MR) is 125 cm³/mol. The van der Waals surface area contributed by atoms with E-state index >= 15 is 0 Å². The molecule has 0 bridgehead atoms. The third kappa shape index (κ3) is 2.79. The van der Waals surface area contributed by atoms with Crippen molar-refractivity contribution in [3.63, 3.8) is 0 Å². The molecule has 2 aliphatic heterocycles. The first-order valence-corrected chi connectivity index (χ1v) is 11.1. The molecular weight excluding hydrogens is 402 g/mol. The fraction of sp³-hybridized carbons (Fsp3) is 0.375. The maximum absolute atomic E-state index is 6.54. The van der Waals surface area contributed by atoms with Gasteiger partial charge in [0.1, 0.15) is 0 Å². The highest BCUT2D eigenvalue weighted by Gasteiger charge is 2.48. The van der Waals surface area contributed by atoms with Gasteiger partial charge in [-0.3, -0.25) is 9.50 Å². The SMILES string of the molecule is C=C[C@@H]1OCC2(CCN(c3nc(C)c(-c4ccc5cn[nH]c5c4)n4ccnc34)CC2)[C@@H]1N. The molecule has 3 aromatic heterocycles. The average molecular weight is 430 g/mol. The summed E-state index contributed by atoms with van der Waals surface area (Å²) in [6, 6.07) is 6.32. The summed E-state index contributed by atoms with van der Waals surface area (Å²) in [6.07, 6.45) is 9.44. The fourth-order valence-electron chi connectivity index (χ4n) is 5.40. The summed E-state index contributed by atoms with van der Waals surface area (Å²) in [5.41, 5.74) is 11.6. The van der Waals surface area contributed by atoms with Crippen molar-refractivity contribution in [3.8, 4) is 11.3 Å². The number of imidazole rings is 1. The zero-order chi connectivity index (χ0) is 21.9. The van der Waals surface area contributed by atoms with Crippen molar-refractivity contribution in [2.45, 2.75) is 31.9 Å². The first kappa shape index (κ1) is 19.5. The molecule has 6 rings (SSSR count). The van der Waals surface area contributed by atoms with Crippen LogP contribution in [0.1, 0.15) is 18.5 Å². The van der Waals surface area contributed by atoms with Crippen LogP contribution in [0.15, 0.2) is 49.4 Å². The molecule has 0 unspecified atom stereocenters. The molecule has 164 valence electrons. The molecule has 2 atom stereocenters. The Morgan fingerprint density at radius 3 is 2.94 bits per heavy atom. The number of hydrogen-bond acceptors (Lipinski definition) is 6. The summed E-state index contributed by atoms with van der Waals surface area (Å²) in [6.45, 7) is 8.42. The van der Waals surface area contributed by atoms with Crippen molar-refractivity contribution in [1.82, 2.24) is 24.6 Å².